The monoisotopic (exact) mass is 461 g/mol. The van der Waals surface area contributed by atoms with Crippen LogP contribution < -0.4 is 16.0 Å². The van der Waals surface area contributed by atoms with E-state index < -0.39 is 5.54 Å². The van der Waals surface area contributed by atoms with E-state index in [0.29, 0.717) is 18.1 Å². The molecule has 0 radical (unpaired) electrons. The summed E-state index contributed by atoms with van der Waals surface area (Å²) in [6.07, 6.45) is 6.42. The van der Waals surface area contributed by atoms with Crippen molar-refractivity contribution in [1.82, 2.24) is 15.5 Å². The number of amides is 2. The average molecular weight is 462 g/mol. The van der Waals surface area contributed by atoms with Crippen LogP contribution in [0.5, 0.6) is 0 Å². The zero-order valence-corrected chi connectivity index (χ0v) is 19.5. The van der Waals surface area contributed by atoms with Crippen LogP contribution in [0, 0.1) is 0 Å². The molecule has 0 aliphatic heterocycles. The summed E-state index contributed by atoms with van der Waals surface area (Å²) in [5.41, 5.74) is 2.08. The Kier molecular flexibility index (Phi) is 7.57. The Morgan fingerprint density at radius 3 is 2.24 bits per heavy atom. The second-order valence-corrected chi connectivity index (χ2v) is 8.81. The van der Waals surface area contributed by atoms with E-state index in [-0.39, 0.29) is 18.2 Å². The summed E-state index contributed by atoms with van der Waals surface area (Å²) >= 11 is 0. The quantitative estimate of drug-likeness (QED) is 0.404. The Labute approximate surface area is 199 Å². The molecule has 178 valence electrons. The molecule has 0 unspecified atom stereocenters. The maximum absolute atomic E-state index is 12.5. The van der Waals surface area contributed by atoms with Crippen LogP contribution in [0.15, 0.2) is 59.1 Å². The molecule has 3 N–H and O–H groups in total. The smallest absolute Gasteiger partial charge is 0.227 e. The fraction of sp³-hybridized carbons (Fsp3) is 0.385. The van der Waals surface area contributed by atoms with E-state index in [0.717, 1.165) is 55.6 Å². The maximum Gasteiger partial charge on any atom is 0.227 e. The van der Waals surface area contributed by atoms with Gasteiger partial charge in [0.25, 0.3) is 0 Å². The molecular formula is C26H31N5O3. The number of carbonyl (C=O) groups excluding carboxylic acids is 2. The number of aromatic nitrogens is 2. The molecule has 4 rings (SSSR count). The third kappa shape index (κ3) is 6.21. The number of benzene rings is 2. The molecule has 1 aromatic heterocycles. The van der Waals surface area contributed by atoms with Gasteiger partial charge in [-0.05, 0) is 49.2 Å². The van der Waals surface area contributed by atoms with Crippen LogP contribution in [0.2, 0.25) is 0 Å². The highest BCUT2D eigenvalue weighted by molar-refractivity contribution is 5.91. The summed E-state index contributed by atoms with van der Waals surface area (Å²) in [6.45, 7) is 1.52. The number of nitrogens with one attached hydrogen (secondary N) is 3. The van der Waals surface area contributed by atoms with Crippen molar-refractivity contribution in [2.45, 2.75) is 63.8 Å². The summed E-state index contributed by atoms with van der Waals surface area (Å²) in [5.74, 6) is 0.690. The van der Waals surface area contributed by atoms with Gasteiger partial charge in [0.05, 0.1) is 0 Å². The van der Waals surface area contributed by atoms with Gasteiger partial charge in [0.15, 0.2) is 5.82 Å². The molecule has 0 spiro atoms. The minimum absolute atomic E-state index is 0.0994. The molecule has 0 atom stereocenters. The van der Waals surface area contributed by atoms with Gasteiger partial charge < -0.3 is 20.5 Å². The highest BCUT2D eigenvalue weighted by Gasteiger charge is 2.38. The second-order valence-electron chi connectivity index (χ2n) is 8.81. The topological polar surface area (TPSA) is 109 Å². The Morgan fingerprint density at radius 1 is 0.912 bits per heavy atom. The molecule has 8 nitrogen and oxygen atoms in total. The van der Waals surface area contributed by atoms with E-state index in [1.807, 2.05) is 54.6 Å². The van der Waals surface area contributed by atoms with E-state index in [9.17, 15) is 9.59 Å². The van der Waals surface area contributed by atoms with Crippen molar-refractivity contribution in [2.24, 2.45) is 0 Å². The first-order valence-electron chi connectivity index (χ1n) is 11.9. The third-order valence-corrected chi connectivity index (χ3v) is 6.07. The minimum Gasteiger partial charge on any atom is -0.356 e. The van der Waals surface area contributed by atoms with Crippen molar-refractivity contribution in [2.75, 3.05) is 10.6 Å². The molecule has 0 bridgehead atoms. The molecule has 1 fully saturated rings. The van der Waals surface area contributed by atoms with E-state index >= 15 is 0 Å². The summed E-state index contributed by atoms with van der Waals surface area (Å²) in [4.78, 5) is 28.9. The maximum atomic E-state index is 12.5. The normalized spacial score (nSPS) is 15.2. The Hall–Kier alpha value is -3.68. The predicted molar refractivity (Wildman–Crippen MR) is 131 cm³/mol. The van der Waals surface area contributed by atoms with Gasteiger partial charge in [-0.3, -0.25) is 9.59 Å². The highest BCUT2D eigenvalue weighted by atomic mass is 16.5. The molecular weight excluding hydrogens is 430 g/mol. The number of hydrogen-bond acceptors (Lipinski definition) is 6. The molecule has 3 aromatic rings. The SMILES string of the molecule is CC(=O)NC1(c2noc(CCC(=O)Nc3ccc(Nc4ccccc4)cc3)n2)CCCCCC1. The summed E-state index contributed by atoms with van der Waals surface area (Å²) < 4.78 is 5.44. The predicted octanol–water partition coefficient (Wildman–Crippen LogP) is 5.07. The van der Waals surface area contributed by atoms with Gasteiger partial charge in [0.2, 0.25) is 17.7 Å². The van der Waals surface area contributed by atoms with Crippen molar-refractivity contribution in [3.8, 4) is 0 Å². The van der Waals surface area contributed by atoms with Crippen LogP contribution in [-0.2, 0) is 21.5 Å². The van der Waals surface area contributed by atoms with Crippen LogP contribution in [0.25, 0.3) is 0 Å². The van der Waals surface area contributed by atoms with Crippen molar-refractivity contribution in [3.63, 3.8) is 0 Å². The van der Waals surface area contributed by atoms with Gasteiger partial charge in [-0.15, -0.1) is 0 Å². The fourth-order valence-electron chi connectivity index (χ4n) is 4.39. The van der Waals surface area contributed by atoms with Crippen LogP contribution in [-0.4, -0.2) is 22.0 Å². The first kappa shape index (κ1) is 23.5. The van der Waals surface area contributed by atoms with Crippen molar-refractivity contribution >= 4 is 28.9 Å². The number of para-hydroxylation sites is 1. The average Bonchev–Trinajstić information content (AvgIpc) is 3.19. The van der Waals surface area contributed by atoms with Crippen molar-refractivity contribution < 1.29 is 14.1 Å². The number of hydrogen-bond donors (Lipinski definition) is 3. The number of aryl methyl sites for hydroxylation is 1. The van der Waals surface area contributed by atoms with Gasteiger partial charge in [0.1, 0.15) is 5.54 Å². The first-order chi connectivity index (χ1) is 16.5. The van der Waals surface area contributed by atoms with Crippen LogP contribution in [0.4, 0.5) is 17.1 Å². The van der Waals surface area contributed by atoms with E-state index in [1.54, 1.807) is 0 Å². The zero-order chi connectivity index (χ0) is 23.8. The van der Waals surface area contributed by atoms with Gasteiger partial charge in [0, 0.05) is 36.8 Å². The van der Waals surface area contributed by atoms with Gasteiger partial charge in [-0.25, -0.2) is 0 Å². The molecule has 8 heteroatoms. The summed E-state index contributed by atoms with van der Waals surface area (Å²) in [6, 6.07) is 17.5. The Morgan fingerprint density at radius 2 is 1.56 bits per heavy atom. The lowest BCUT2D eigenvalue weighted by Gasteiger charge is -2.30. The van der Waals surface area contributed by atoms with Gasteiger partial charge >= 0.3 is 0 Å². The number of nitrogens with zero attached hydrogens (tertiary/aromatic N) is 2. The molecule has 2 amide bonds. The molecule has 0 saturated heterocycles. The van der Waals surface area contributed by atoms with Crippen LogP contribution >= 0.6 is 0 Å². The number of anilines is 3. The van der Waals surface area contributed by atoms with Gasteiger partial charge in [-0.2, -0.15) is 4.98 Å². The fourth-order valence-corrected chi connectivity index (χ4v) is 4.39. The molecule has 34 heavy (non-hydrogen) atoms. The van der Waals surface area contributed by atoms with Crippen LogP contribution in [0.3, 0.4) is 0 Å². The molecule has 2 aromatic carbocycles. The number of carbonyl (C=O) groups is 2. The largest absolute Gasteiger partial charge is 0.356 e. The number of rotatable bonds is 8. The third-order valence-electron chi connectivity index (χ3n) is 6.07. The summed E-state index contributed by atoms with van der Waals surface area (Å²) in [7, 11) is 0. The minimum atomic E-state index is -0.581. The van der Waals surface area contributed by atoms with E-state index in [2.05, 4.69) is 26.1 Å². The van der Waals surface area contributed by atoms with Crippen molar-refractivity contribution in [1.29, 1.82) is 0 Å². The summed E-state index contributed by atoms with van der Waals surface area (Å²) in [5, 5.41) is 13.5. The lowest BCUT2D eigenvalue weighted by molar-refractivity contribution is -0.121. The Bertz CT molecular complexity index is 1090. The Balaban J connectivity index is 1.31. The molecule has 1 aliphatic carbocycles. The molecule has 1 aliphatic rings. The van der Waals surface area contributed by atoms with E-state index in [4.69, 9.17) is 4.52 Å². The first-order valence-corrected chi connectivity index (χ1v) is 11.9. The molecule has 1 heterocycles. The molecule has 1 saturated carbocycles. The second kappa shape index (κ2) is 11.0. The van der Waals surface area contributed by atoms with Gasteiger partial charge in [-0.1, -0.05) is 49.0 Å². The lowest BCUT2D eigenvalue weighted by Crippen LogP contribution is -2.45. The lowest BCUT2D eigenvalue weighted by atomic mass is 9.89. The zero-order valence-electron chi connectivity index (χ0n) is 19.5. The highest BCUT2D eigenvalue weighted by Crippen LogP contribution is 2.34. The van der Waals surface area contributed by atoms with Crippen molar-refractivity contribution in [3.05, 3.63) is 66.3 Å². The van der Waals surface area contributed by atoms with E-state index in [1.165, 1.54) is 6.92 Å². The standard InChI is InChI=1S/C26H31N5O3/c1-19(32)30-26(17-7-2-3-8-18-26)25-29-24(34-31-25)16-15-23(33)28-22-13-11-21(12-14-22)27-20-9-5-4-6-10-20/h4-6,9-14,27H,2-3,7-8,15-18H2,1H3,(H,28,33)(H,30,32). The van der Waals surface area contributed by atoms with Crippen LogP contribution in [0.1, 0.15) is 63.6 Å².